The van der Waals surface area contributed by atoms with E-state index in [0.717, 1.165) is 34.8 Å². The maximum absolute atomic E-state index is 13.1. The Bertz CT molecular complexity index is 1500. The number of benzene rings is 2. The highest BCUT2D eigenvalue weighted by Crippen LogP contribution is 2.41. The Kier molecular flexibility index (Phi) is 7.79. The Morgan fingerprint density at radius 2 is 1.77 bits per heavy atom. The first kappa shape index (κ1) is 26.6. The van der Waals surface area contributed by atoms with Crippen LogP contribution >= 0.6 is 12.2 Å². The number of nitrogens with zero attached hydrogens (tertiary/aromatic N) is 3. The largest absolute Gasteiger partial charge is 0.352 e. The number of nitrogens with one attached hydrogen (secondary N) is 2. The van der Waals surface area contributed by atoms with E-state index in [1.807, 2.05) is 48.7 Å². The number of amides is 1. The molecule has 0 radical (unpaired) electrons. The summed E-state index contributed by atoms with van der Waals surface area (Å²) in [5, 5.41) is 7.26. The third kappa shape index (κ3) is 5.32. The first-order valence-electron chi connectivity index (χ1n) is 13.5. The molecule has 0 aliphatic carbocycles. The molecule has 3 heterocycles. The van der Waals surface area contributed by atoms with Crippen LogP contribution in [0.1, 0.15) is 59.2 Å². The Labute approximate surface area is 236 Å². The van der Waals surface area contributed by atoms with E-state index in [0.29, 0.717) is 18.1 Å². The predicted octanol–water partition coefficient (Wildman–Crippen LogP) is 6.36. The molecule has 6 nitrogen and oxygen atoms in total. The topological polar surface area (TPSA) is 62.2 Å². The first-order chi connectivity index (χ1) is 18.9. The van der Waals surface area contributed by atoms with E-state index in [4.69, 9.17) is 12.2 Å². The lowest BCUT2D eigenvalue weighted by Crippen LogP contribution is -2.33. The van der Waals surface area contributed by atoms with Crippen molar-refractivity contribution in [2.75, 3.05) is 11.9 Å². The molecule has 2 N–H and O–H groups in total. The van der Waals surface area contributed by atoms with Crippen LogP contribution in [0.25, 0.3) is 5.69 Å². The van der Waals surface area contributed by atoms with Gasteiger partial charge in [0.2, 0.25) is 5.91 Å². The number of thiocarbonyl (C=S) groups is 1. The summed E-state index contributed by atoms with van der Waals surface area (Å²) in [6.45, 7) is 9.03. The number of aryl methyl sites for hydroxylation is 3. The molecule has 1 amide bonds. The summed E-state index contributed by atoms with van der Waals surface area (Å²) < 4.78 is 2.31. The smallest absolute Gasteiger partial charge is 0.226 e. The molecule has 200 valence electrons. The van der Waals surface area contributed by atoms with Gasteiger partial charge in [-0.1, -0.05) is 49.4 Å². The standard InChI is InChI=1S/C32H35N5OS/c1-5-24-13-7-8-14-26(24)34-29(38)17-19-36-31(30(35-32(36)39)27-15-10-11-18-33-27)25-20-22(3)37(23(25)4)28-16-9-6-12-21(28)2/h6-16,18,20,30-31H,5,17,19H2,1-4H3,(H,34,38)(H,35,39)/t30-,31+/m1/s1. The zero-order valence-corrected chi connectivity index (χ0v) is 23.8. The second-order valence-corrected chi connectivity index (χ2v) is 10.5. The SMILES string of the molecule is CCc1ccccc1NC(=O)CCN1C(=S)N[C@H](c2ccccn2)[C@@H]1c1cc(C)n(-c2ccccc2C)c1C. The molecule has 2 aromatic heterocycles. The summed E-state index contributed by atoms with van der Waals surface area (Å²) in [5.74, 6) is -0.0240. The second kappa shape index (κ2) is 11.4. The van der Waals surface area contributed by atoms with Crippen molar-refractivity contribution in [2.45, 2.75) is 52.6 Å². The number of hydrogen-bond acceptors (Lipinski definition) is 3. The third-order valence-electron chi connectivity index (χ3n) is 7.60. The summed E-state index contributed by atoms with van der Waals surface area (Å²) in [7, 11) is 0. The molecule has 0 bridgehead atoms. The van der Waals surface area contributed by atoms with Gasteiger partial charge in [0.1, 0.15) is 0 Å². The Balaban J connectivity index is 1.47. The molecule has 5 rings (SSSR count). The van der Waals surface area contributed by atoms with Crippen LogP contribution < -0.4 is 10.6 Å². The van der Waals surface area contributed by atoms with E-state index in [1.54, 1.807) is 0 Å². The number of hydrogen-bond donors (Lipinski definition) is 2. The molecular weight excluding hydrogens is 502 g/mol. The monoisotopic (exact) mass is 537 g/mol. The fourth-order valence-corrected chi connectivity index (χ4v) is 5.97. The first-order valence-corrected chi connectivity index (χ1v) is 13.9. The number of carbonyl (C=O) groups is 1. The number of anilines is 1. The van der Waals surface area contributed by atoms with Crippen molar-refractivity contribution < 1.29 is 4.79 Å². The van der Waals surface area contributed by atoms with Gasteiger partial charge in [0.25, 0.3) is 0 Å². The van der Waals surface area contributed by atoms with Gasteiger partial charge in [-0.15, -0.1) is 0 Å². The average molecular weight is 538 g/mol. The van der Waals surface area contributed by atoms with Crippen molar-refractivity contribution in [1.82, 2.24) is 19.8 Å². The molecule has 1 aliphatic rings. The van der Waals surface area contributed by atoms with Gasteiger partial charge in [0.05, 0.1) is 17.8 Å². The van der Waals surface area contributed by atoms with Gasteiger partial charge < -0.3 is 20.1 Å². The van der Waals surface area contributed by atoms with Crippen LogP contribution in [-0.4, -0.2) is 32.0 Å². The number of carbonyl (C=O) groups excluding carboxylic acids is 1. The maximum atomic E-state index is 13.1. The van der Waals surface area contributed by atoms with Crippen molar-refractivity contribution in [3.63, 3.8) is 0 Å². The minimum Gasteiger partial charge on any atom is -0.352 e. The van der Waals surface area contributed by atoms with Crippen molar-refractivity contribution in [2.24, 2.45) is 0 Å². The molecule has 1 aliphatic heterocycles. The molecule has 4 aromatic rings. The van der Waals surface area contributed by atoms with Crippen LogP contribution in [0.3, 0.4) is 0 Å². The Morgan fingerprint density at radius 3 is 2.51 bits per heavy atom. The fourth-order valence-electron chi connectivity index (χ4n) is 5.64. The van der Waals surface area contributed by atoms with Gasteiger partial charge in [-0.3, -0.25) is 9.78 Å². The minimum atomic E-state index is -0.131. The summed E-state index contributed by atoms with van der Waals surface area (Å²) in [4.78, 5) is 19.9. The number of para-hydroxylation sites is 2. The molecule has 0 spiro atoms. The van der Waals surface area contributed by atoms with Crippen LogP contribution in [0, 0.1) is 20.8 Å². The van der Waals surface area contributed by atoms with Crippen molar-refractivity contribution in [3.8, 4) is 5.69 Å². The lowest BCUT2D eigenvalue weighted by atomic mass is 9.96. The zero-order chi connectivity index (χ0) is 27.5. The summed E-state index contributed by atoms with van der Waals surface area (Å²) in [5.41, 5.74) is 8.80. The van der Waals surface area contributed by atoms with E-state index in [-0.39, 0.29) is 18.0 Å². The Morgan fingerprint density at radius 1 is 1.03 bits per heavy atom. The van der Waals surface area contributed by atoms with Crippen molar-refractivity contribution in [1.29, 1.82) is 0 Å². The molecule has 7 heteroatoms. The number of pyridine rings is 1. The zero-order valence-electron chi connectivity index (χ0n) is 22.9. The Hall–Kier alpha value is -3.97. The highest BCUT2D eigenvalue weighted by Gasteiger charge is 2.41. The minimum absolute atomic E-state index is 0.0240. The van der Waals surface area contributed by atoms with Gasteiger partial charge in [-0.25, -0.2) is 0 Å². The maximum Gasteiger partial charge on any atom is 0.226 e. The van der Waals surface area contributed by atoms with Crippen LogP contribution in [0.15, 0.2) is 79.0 Å². The van der Waals surface area contributed by atoms with Crippen LogP contribution in [0.4, 0.5) is 5.69 Å². The molecule has 1 fully saturated rings. The highest BCUT2D eigenvalue weighted by molar-refractivity contribution is 7.80. The van der Waals surface area contributed by atoms with E-state index in [2.05, 4.69) is 83.1 Å². The third-order valence-corrected chi connectivity index (χ3v) is 7.95. The predicted molar refractivity (Wildman–Crippen MR) is 161 cm³/mol. The van der Waals surface area contributed by atoms with Crippen LogP contribution in [0.5, 0.6) is 0 Å². The highest BCUT2D eigenvalue weighted by atomic mass is 32.1. The van der Waals surface area contributed by atoms with E-state index >= 15 is 0 Å². The molecule has 1 saturated heterocycles. The van der Waals surface area contributed by atoms with Gasteiger partial charge in [0.15, 0.2) is 5.11 Å². The quantitative estimate of drug-likeness (QED) is 0.256. The normalized spacial score (nSPS) is 16.8. The molecule has 0 unspecified atom stereocenters. The van der Waals surface area contributed by atoms with Crippen LogP contribution in [0.2, 0.25) is 0 Å². The molecule has 2 aromatic carbocycles. The summed E-state index contributed by atoms with van der Waals surface area (Å²) >= 11 is 5.86. The number of rotatable bonds is 8. The second-order valence-electron chi connectivity index (χ2n) is 10.1. The molecule has 0 saturated carbocycles. The fraction of sp³-hybridized carbons (Fsp3) is 0.281. The van der Waals surface area contributed by atoms with Gasteiger partial charge in [0, 0.05) is 41.9 Å². The van der Waals surface area contributed by atoms with E-state index in [1.165, 1.54) is 16.8 Å². The molecular formula is C32H35N5OS. The van der Waals surface area contributed by atoms with Gasteiger partial charge in [-0.2, -0.15) is 0 Å². The van der Waals surface area contributed by atoms with Crippen molar-refractivity contribution >= 4 is 28.9 Å². The lowest BCUT2D eigenvalue weighted by Gasteiger charge is -2.28. The van der Waals surface area contributed by atoms with Crippen molar-refractivity contribution in [3.05, 3.63) is 113 Å². The average Bonchev–Trinajstić information content (AvgIpc) is 3.42. The summed E-state index contributed by atoms with van der Waals surface area (Å²) in [6.07, 6.45) is 3.00. The van der Waals surface area contributed by atoms with E-state index < -0.39 is 0 Å². The molecule has 2 atom stereocenters. The van der Waals surface area contributed by atoms with Gasteiger partial charge in [-0.05, 0) is 86.4 Å². The number of aromatic nitrogens is 2. The van der Waals surface area contributed by atoms with Gasteiger partial charge >= 0.3 is 0 Å². The molecule has 39 heavy (non-hydrogen) atoms. The lowest BCUT2D eigenvalue weighted by molar-refractivity contribution is -0.116. The summed E-state index contributed by atoms with van der Waals surface area (Å²) in [6, 6.07) is 24.4. The van der Waals surface area contributed by atoms with E-state index in [9.17, 15) is 4.79 Å². The van der Waals surface area contributed by atoms with Crippen LogP contribution in [-0.2, 0) is 11.2 Å².